The zero-order chi connectivity index (χ0) is 10.8. The first-order valence-corrected chi connectivity index (χ1v) is 5.75. The minimum absolute atomic E-state index is 0.255. The summed E-state index contributed by atoms with van der Waals surface area (Å²) in [5.41, 5.74) is -2.06. The summed E-state index contributed by atoms with van der Waals surface area (Å²) in [6.45, 7) is 0.726. The summed E-state index contributed by atoms with van der Waals surface area (Å²) in [7, 11) is 0. The Morgan fingerprint density at radius 1 is 1.67 bits per heavy atom. The number of rotatable bonds is 2. The molecule has 1 unspecified atom stereocenters. The van der Waals surface area contributed by atoms with E-state index in [1.54, 1.807) is 16.3 Å². The molecule has 1 aliphatic rings. The Labute approximate surface area is 94.4 Å². The highest BCUT2D eigenvalue weighted by atomic mass is 35.5. The summed E-state index contributed by atoms with van der Waals surface area (Å²) < 4.78 is 14.2. The summed E-state index contributed by atoms with van der Waals surface area (Å²) in [5, 5.41) is 10.6. The van der Waals surface area contributed by atoms with Crippen LogP contribution in [0.2, 0.25) is 0 Å². The highest BCUT2D eigenvalue weighted by molar-refractivity contribution is 7.99. The van der Waals surface area contributed by atoms with Gasteiger partial charge in [-0.2, -0.15) is 0 Å². The van der Waals surface area contributed by atoms with Gasteiger partial charge in [0.05, 0.1) is 0 Å². The van der Waals surface area contributed by atoms with E-state index in [1.165, 1.54) is 0 Å². The Bertz CT molecular complexity index is 383. The Hall–Kier alpha value is -0.820. The second-order valence-corrected chi connectivity index (χ2v) is 4.40. The van der Waals surface area contributed by atoms with Crippen LogP contribution in [0, 0.1) is 0 Å². The molecule has 0 spiro atoms. The van der Waals surface area contributed by atoms with Crippen LogP contribution in [-0.2, 0) is 11.3 Å². The molecule has 0 aromatic carbocycles. The van der Waals surface area contributed by atoms with Gasteiger partial charge < -0.3 is 0 Å². The highest BCUT2D eigenvalue weighted by Gasteiger charge is 2.20. The molecule has 1 N–H and O–H groups in total. The van der Waals surface area contributed by atoms with Crippen LogP contribution >= 0.6 is 23.4 Å². The van der Waals surface area contributed by atoms with Crippen molar-refractivity contribution < 1.29 is 9.18 Å². The lowest BCUT2D eigenvalue weighted by atomic mass is 10.5. The SMILES string of the molecule is O=C(Nc1nnc2n1CCCS2)C(F)Cl. The highest BCUT2D eigenvalue weighted by Crippen LogP contribution is 2.25. The molecule has 82 valence electrons. The lowest BCUT2D eigenvalue weighted by molar-refractivity contribution is -0.118. The number of fused-ring (bicyclic) bond motifs is 1. The van der Waals surface area contributed by atoms with Crippen molar-refractivity contribution in [2.24, 2.45) is 0 Å². The van der Waals surface area contributed by atoms with Crippen molar-refractivity contribution in [1.82, 2.24) is 14.8 Å². The molecule has 2 heterocycles. The fourth-order valence-electron chi connectivity index (χ4n) is 1.24. The molecule has 0 saturated carbocycles. The van der Waals surface area contributed by atoms with Gasteiger partial charge in [0.2, 0.25) is 5.95 Å². The van der Waals surface area contributed by atoms with Gasteiger partial charge in [-0.15, -0.1) is 10.2 Å². The molecule has 1 atom stereocenters. The first-order valence-electron chi connectivity index (χ1n) is 4.33. The molecule has 0 fully saturated rings. The Kier molecular flexibility index (Phi) is 3.11. The number of nitrogens with one attached hydrogen (secondary N) is 1. The molecular formula is C7H8ClFN4OS. The second kappa shape index (κ2) is 4.36. The predicted octanol–water partition coefficient (Wildman–Crippen LogP) is 1.25. The number of anilines is 1. The van der Waals surface area contributed by atoms with Gasteiger partial charge in [-0.3, -0.25) is 14.7 Å². The summed E-state index contributed by atoms with van der Waals surface area (Å²) in [6.07, 6.45) is 0.971. The second-order valence-electron chi connectivity index (χ2n) is 2.95. The lowest BCUT2D eigenvalue weighted by Gasteiger charge is -2.14. The van der Waals surface area contributed by atoms with Gasteiger partial charge in [-0.05, 0) is 6.42 Å². The van der Waals surface area contributed by atoms with Crippen LogP contribution in [0.25, 0.3) is 0 Å². The average molecular weight is 251 g/mol. The van der Waals surface area contributed by atoms with Gasteiger partial charge in [0.25, 0.3) is 11.5 Å². The van der Waals surface area contributed by atoms with Crippen LogP contribution in [-0.4, -0.2) is 32.1 Å². The number of hydrogen-bond donors (Lipinski definition) is 1. The zero-order valence-corrected chi connectivity index (χ0v) is 9.19. The number of carbonyl (C=O) groups excluding carboxylic acids is 1. The molecule has 1 amide bonds. The Balaban J connectivity index is 2.15. The van der Waals surface area contributed by atoms with Gasteiger partial charge in [-0.25, -0.2) is 4.39 Å². The molecule has 8 heteroatoms. The number of carbonyl (C=O) groups is 1. The normalized spacial score (nSPS) is 16.9. The van der Waals surface area contributed by atoms with E-state index in [-0.39, 0.29) is 5.95 Å². The van der Waals surface area contributed by atoms with Crippen LogP contribution in [0.3, 0.4) is 0 Å². The van der Waals surface area contributed by atoms with Gasteiger partial charge in [0, 0.05) is 12.3 Å². The lowest BCUT2D eigenvalue weighted by Crippen LogP contribution is -2.22. The summed E-state index contributed by atoms with van der Waals surface area (Å²) in [4.78, 5) is 11.0. The molecule has 1 aromatic heterocycles. The van der Waals surface area contributed by atoms with E-state index in [1.807, 2.05) is 0 Å². The smallest absolute Gasteiger partial charge is 0.276 e. The molecule has 0 saturated heterocycles. The quantitative estimate of drug-likeness (QED) is 0.803. The third kappa shape index (κ3) is 2.23. The molecule has 1 aliphatic heterocycles. The number of hydrogen-bond acceptors (Lipinski definition) is 4. The summed E-state index contributed by atoms with van der Waals surface area (Å²) in [5.74, 6) is 0.320. The minimum atomic E-state index is -2.06. The summed E-state index contributed by atoms with van der Waals surface area (Å²) >= 11 is 6.54. The first kappa shape index (κ1) is 10.7. The maximum Gasteiger partial charge on any atom is 0.276 e. The van der Waals surface area contributed by atoms with E-state index >= 15 is 0 Å². The van der Waals surface area contributed by atoms with E-state index in [0.717, 1.165) is 23.9 Å². The number of amides is 1. The molecular weight excluding hydrogens is 243 g/mol. The van der Waals surface area contributed by atoms with Gasteiger partial charge >= 0.3 is 0 Å². The number of nitrogens with zero attached hydrogens (tertiary/aromatic N) is 3. The van der Waals surface area contributed by atoms with E-state index in [4.69, 9.17) is 11.6 Å². The van der Waals surface area contributed by atoms with Crippen molar-refractivity contribution in [3.63, 3.8) is 0 Å². The van der Waals surface area contributed by atoms with Crippen molar-refractivity contribution in [2.75, 3.05) is 11.1 Å². The molecule has 0 radical (unpaired) electrons. The van der Waals surface area contributed by atoms with E-state index < -0.39 is 11.5 Å². The molecule has 15 heavy (non-hydrogen) atoms. The number of halogens is 2. The number of alkyl halides is 2. The van der Waals surface area contributed by atoms with Crippen molar-refractivity contribution in [1.29, 1.82) is 0 Å². The fraction of sp³-hybridized carbons (Fsp3) is 0.571. The zero-order valence-electron chi connectivity index (χ0n) is 7.61. The molecule has 0 aliphatic carbocycles. The van der Waals surface area contributed by atoms with Crippen molar-refractivity contribution in [2.45, 2.75) is 23.8 Å². The van der Waals surface area contributed by atoms with Crippen LogP contribution < -0.4 is 5.32 Å². The first-order chi connectivity index (χ1) is 7.18. The average Bonchev–Trinajstić information content (AvgIpc) is 2.62. The fourth-order valence-corrected chi connectivity index (χ4v) is 2.18. The Morgan fingerprint density at radius 3 is 3.20 bits per heavy atom. The summed E-state index contributed by atoms with van der Waals surface area (Å²) in [6, 6.07) is 0. The van der Waals surface area contributed by atoms with Crippen molar-refractivity contribution in [3.05, 3.63) is 0 Å². The molecule has 5 nitrogen and oxygen atoms in total. The maximum absolute atomic E-state index is 12.4. The minimum Gasteiger partial charge on any atom is -0.291 e. The monoisotopic (exact) mass is 250 g/mol. The number of aromatic nitrogens is 3. The van der Waals surface area contributed by atoms with Crippen LogP contribution in [0.5, 0.6) is 0 Å². The van der Waals surface area contributed by atoms with E-state index in [2.05, 4.69) is 15.5 Å². The van der Waals surface area contributed by atoms with Crippen molar-refractivity contribution in [3.8, 4) is 0 Å². The third-order valence-electron chi connectivity index (χ3n) is 1.91. The standard InChI is InChI=1S/C7H8ClFN4OS/c8-4(9)5(14)10-6-11-12-7-13(6)2-1-3-15-7/h4H,1-3H2,(H,10,11,14). The van der Waals surface area contributed by atoms with Crippen LogP contribution in [0.1, 0.15) is 6.42 Å². The Morgan fingerprint density at radius 2 is 2.47 bits per heavy atom. The van der Waals surface area contributed by atoms with E-state index in [9.17, 15) is 9.18 Å². The topological polar surface area (TPSA) is 59.8 Å². The largest absolute Gasteiger partial charge is 0.291 e. The van der Waals surface area contributed by atoms with Crippen molar-refractivity contribution >= 4 is 35.2 Å². The third-order valence-corrected chi connectivity index (χ3v) is 3.16. The van der Waals surface area contributed by atoms with Crippen LogP contribution in [0.4, 0.5) is 10.3 Å². The molecule has 1 aromatic rings. The van der Waals surface area contributed by atoms with Gasteiger partial charge in [0.1, 0.15) is 0 Å². The van der Waals surface area contributed by atoms with Crippen LogP contribution in [0.15, 0.2) is 5.16 Å². The molecule has 0 bridgehead atoms. The maximum atomic E-state index is 12.4. The number of thioether (sulfide) groups is 1. The predicted molar refractivity (Wildman–Crippen MR) is 54.7 cm³/mol. The molecule has 2 rings (SSSR count). The van der Waals surface area contributed by atoms with Gasteiger partial charge in [0.15, 0.2) is 5.16 Å². The van der Waals surface area contributed by atoms with Gasteiger partial charge in [-0.1, -0.05) is 23.4 Å². The van der Waals surface area contributed by atoms with E-state index in [0.29, 0.717) is 0 Å².